The Hall–Kier alpha value is -1.08. The Morgan fingerprint density at radius 3 is 3.00 bits per heavy atom. The number of ether oxygens (including phenoxy) is 1. The van der Waals surface area contributed by atoms with E-state index in [0.29, 0.717) is 35.1 Å². The molecule has 0 amide bonds. The van der Waals surface area contributed by atoms with Gasteiger partial charge >= 0.3 is 7.12 Å². The summed E-state index contributed by atoms with van der Waals surface area (Å²) >= 11 is 7.33. The number of hydrogen-bond donors (Lipinski definition) is 2. The maximum atomic E-state index is 9.34. The highest BCUT2D eigenvalue weighted by Gasteiger charge is 2.26. The van der Waals surface area contributed by atoms with Gasteiger partial charge in [-0.1, -0.05) is 11.6 Å². The van der Waals surface area contributed by atoms with Gasteiger partial charge in [-0.2, -0.15) is 0 Å². The van der Waals surface area contributed by atoms with Crippen LogP contribution in [0.25, 0.3) is 10.6 Å². The largest absolute Gasteiger partial charge is 0.491 e. The van der Waals surface area contributed by atoms with E-state index in [9.17, 15) is 10.0 Å². The third kappa shape index (κ3) is 1.91. The Morgan fingerprint density at radius 1 is 1.39 bits per heavy atom. The summed E-state index contributed by atoms with van der Waals surface area (Å²) in [5.74, 6) is 0.680. The first kappa shape index (κ1) is 12.0. The molecule has 0 aliphatic carbocycles. The summed E-state index contributed by atoms with van der Waals surface area (Å²) in [6.07, 6.45) is 0.625. The molecule has 0 fully saturated rings. The molecule has 0 atom stereocenters. The summed E-state index contributed by atoms with van der Waals surface area (Å²) in [5.41, 5.74) is 2.07. The molecule has 0 spiro atoms. The average Bonchev–Trinajstić information content (AvgIpc) is 2.67. The fourth-order valence-corrected chi connectivity index (χ4v) is 3.31. The second-order valence-electron chi connectivity index (χ2n) is 3.95. The normalized spacial score (nSPS) is 13.3. The summed E-state index contributed by atoms with van der Waals surface area (Å²) in [5, 5.41) is 20.8. The van der Waals surface area contributed by atoms with Gasteiger partial charge in [-0.25, -0.2) is 4.98 Å². The van der Waals surface area contributed by atoms with Crippen LogP contribution in [-0.4, -0.2) is 28.8 Å². The monoisotopic (exact) mass is 281 g/mol. The van der Waals surface area contributed by atoms with Crippen molar-refractivity contribution in [3.8, 4) is 16.3 Å². The smallest absolute Gasteiger partial charge is 0.489 e. The minimum absolute atomic E-state index is 0.393. The quantitative estimate of drug-likeness (QED) is 0.606. The van der Waals surface area contributed by atoms with Gasteiger partial charge in [0, 0.05) is 6.42 Å². The molecule has 0 unspecified atom stereocenters. The van der Waals surface area contributed by atoms with Gasteiger partial charge in [-0.3, -0.25) is 0 Å². The molecular weight excluding hydrogens is 272 g/mol. The maximum absolute atomic E-state index is 9.34. The molecule has 0 bridgehead atoms. The first-order chi connectivity index (χ1) is 8.66. The number of thiophene rings is 1. The van der Waals surface area contributed by atoms with Crippen LogP contribution in [0, 0.1) is 0 Å². The Morgan fingerprint density at radius 2 is 2.22 bits per heavy atom. The molecule has 0 radical (unpaired) electrons. The molecule has 0 saturated heterocycles. The van der Waals surface area contributed by atoms with E-state index in [1.807, 2.05) is 0 Å². The van der Waals surface area contributed by atoms with E-state index in [2.05, 4.69) is 4.98 Å². The number of fused-ring (bicyclic) bond motifs is 3. The molecule has 4 nitrogen and oxygen atoms in total. The Balaban J connectivity index is 2.21. The lowest BCUT2D eigenvalue weighted by atomic mass is 9.78. The van der Waals surface area contributed by atoms with E-state index in [1.54, 1.807) is 17.5 Å². The van der Waals surface area contributed by atoms with Crippen molar-refractivity contribution >= 4 is 35.5 Å². The molecule has 1 aliphatic heterocycles. The summed E-state index contributed by atoms with van der Waals surface area (Å²) in [4.78, 5) is 5.17. The third-order valence-electron chi connectivity index (χ3n) is 2.85. The second kappa shape index (κ2) is 4.55. The predicted molar refractivity (Wildman–Crippen MR) is 71.6 cm³/mol. The zero-order valence-corrected chi connectivity index (χ0v) is 10.8. The van der Waals surface area contributed by atoms with Crippen LogP contribution in [0.2, 0.25) is 5.15 Å². The number of nitrogens with zero attached hydrogens (tertiary/aromatic N) is 1. The van der Waals surface area contributed by atoms with Crippen LogP contribution >= 0.6 is 22.9 Å². The molecular formula is C11H9BClNO3S. The summed E-state index contributed by atoms with van der Waals surface area (Å²) in [7, 11) is -1.47. The van der Waals surface area contributed by atoms with E-state index in [4.69, 9.17) is 16.3 Å². The molecule has 3 heterocycles. The lowest BCUT2D eigenvalue weighted by Gasteiger charge is -2.05. The van der Waals surface area contributed by atoms with Crippen LogP contribution in [0.5, 0.6) is 5.75 Å². The van der Waals surface area contributed by atoms with Crippen molar-refractivity contribution in [3.63, 3.8) is 0 Å². The van der Waals surface area contributed by atoms with Crippen LogP contribution < -0.4 is 10.2 Å². The topological polar surface area (TPSA) is 62.6 Å². The van der Waals surface area contributed by atoms with Crippen molar-refractivity contribution in [2.45, 2.75) is 6.42 Å². The van der Waals surface area contributed by atoms with E-state index < -0.39 is 7.12 Å². The molecule has 2 aromatic rings. The number of aromatic nitrogens is 1. The van der Waals surface area contributed by atoms with Crippen molar-refractivity contribution in [2.75, 3.05) is 6.61 Å². The fraction of sp³-hybridized carbons (Fsp3) is 0.182. The van der Waals surface area contributed by atoms with Gasteiger partial charge in [0.05, 0.1) is 11.5 Å². The van der Waals surface area contributed by atoms with Crippen LogP contribution in [-0.2, 0) is 6.42 Å². The zero-order chi connectivity index (χ0) is 12.7. The predicted octanol–water partition coefficient (Wildman–Crippen LogP) is 1.08. The molecule has 0 aromatic carbocycles. The van der Waals surface area contributed by atoms with Crippen LogP contribution in [0.4, 0.5) is 0 Å². The van der Waals surface area contributed by atoms with Crippen LogP contribution in [0.15, 0.2) is 17.5 Å². The van der Waals surface area contributed by atoms with Gasteiger partial charge in [0.15, 0.2) is 0 Å². The molecule has 2 N–H and O–H groups in total. The minimum Gasteiger partial charge on any atom is -0.491 e. The zero-order valence-electron chi connectivity index (χ0n) is 9.26. The molecule has 7 heteroatoms. The Labute approximate surface area is 113 Å². The first-order valence-electron chi connectivity index (χ1n) is 5.43. The Kier molecular flexibility index (Phi) is 3.03. The van der Waals surface area contributed by atoms with Gasteiger partial charge in [0.1, 0.15) is 16.6 Å². The van der Waals surface area contributed by atoms with Gasteiger partial charge in [-0.15, -0.1) is 11.3 Å². The molecule has 3 rings (SSSR count). The van der Waals surface area contributed by atoms with Crippen molar-refractivity contribution in [1.29, 1.82) is 0 Å². The van der Waals surface area contributed by atoms with Gasteiger partial charge in [0.2, 0.25) is 0 Å². The van der Waals surface area contributed by atoms with Gasteiger partial charge in [-0.05, 0) is 28.5 Å². The second-order valence-corrected chi connectivity index (χ2v) is 5.22. The number of rotatable bonds is 1. The first-order valence-corrected chi connectivity index (χ1v) is 6.68. The minimum atomic E-state index is -1.47. The lowest BCUT2D eigenvalue weighted by Crippen LogP contribution is -2.31. The summed E-state index contributed by atoms with van der Waals surface area (Å²) in [6.45, 7) is 0.486. The Bertz CT molecular complexity index is 602. The van der Waals surface area contributed by atoms with E-state index in [1.165, 1.54) is 11.3 Å². The van der Waals surface area contributed by atoms with Crippen LogP contribution in [0.1, 0.15) is 5.56 Å². The lowest BCUT2D eigenvalue weighted by molar-refractivity contribution is 0.325. The average molecular weight is 282 g/mol. The summed E-state index contributed by atoms with van der Waals surface area (Å²) < 4.78 is 5.60. The van der Waals surface area contributed by atoms with Crippen molar-refractivity contribution in [2.24, 2.45) is 0 Å². The molecule has 0 saturated carbocycles. The van der Waals surface area contributed by atoms with Crippen molar-refractivity contribution in [1.82, 2.24) is 4.98 Å². The highest BCUT2D eigenvalue weighted by Crippen LogP contribution is 2.37. The summed E-state index contributed by atoms with van der Waals surface area (Å²) in [6, 6.07) is 3.47. The van der Waals surface area contributed by atoms with Crippen LogP contribution in [0.3, 0.4) is 0 Å². The molecule has 1 aliphatic rings. The van der Waals surface area contributed by atoms with E-state index in [0.717, 1.165) is 10.4 Å². The van der Waals surface area contributed by atoms with E-state index in [-0.39, 0.29) is 0 Å². The molecule has 2 aromatic heterocycles. The highest BCUT2D eigenvalue weighted by molar-refractivity contribution is 7.15. The highest BCUT2D eigenvalue weighted by atomic mass is 35.5. The van der Waals surface area contributed by atoms with Gasteiger partial charge in [0.25, 0.3) is 0 Å². The number of pyridine rings is 1. The van der Waals surface area contributed by atoms with Gasteiger partial charge < -0.3 is 14.8 Å². The SMILES string of the molecule is OB(O)c1csc2c1CCOc1ccc(Cl)nc1-2. The number of halogens is 1. The fourth-order valence-electron chi connectivity index (χ4n) is 2.03. The number of hydrogen-bond acceptors (Lipinski definition) is 5. The third-order valence-corrected chi connectivity index (χ3v) is 4.11. The van der Waals surface area contributed by atoms with Crippen molar-refractivity contribution < 1.29 is 14.8 Å². The maximum Gasteiger partial charge on any atom is 0.489 e. The molecule has 18 heavy (non-hydrogen) atoms. The van der Waals surface area contributed by atoms with E-state index >= 15 is 0 Å². The van der Waals surface area contributed by atoms with Crippen molar-refractivity contribution in [3.05, 3.63) is 28.2 Å². The standard InChI is InChI=1S/C11H9BClNO3S/c13-9-2-1-8-10(14-9)11-6(3-4-17-8)7(5-18-11)12(15)16/h1-2,5,15-16H,3-4H2. The molecule has 92 valence electrons.